The van der Waals surface area contributed by atoms with Crippen molar-refractivity contribution >= 4 is 17.5 Å². The van der Waals surface area contributed by atoms with E-state index in [4.69, 9.17) is 5.73 Å². The SMILES string of the molecule is C=C(N)c1nc(SC)ncc1C#CC. The lowest BCUT2D eigenvalue weighted by atomic mass is 10.2. The number of rotatable bonds is 2. The van der Waals surface area contributed by atoms with E-state index in [-0.39, 0.29) is 0 Å². The molecule has 0 spiro atoms. The number of thioether (sulfide) groups is 1. The van der Waals surface area contributed by atoms with E-state index in [1.165, 1.54) is 11.8 Å². The van der Waals surface area contributed by atoms with Gasteiger partial charge in [-0.2, -0.15) is 0 Å². The molecule has 2 N–H and O–H groups in total. The summed E-state index contributed by atoms with van der Waals surface area (Å²) in [6.07, 6.45) is 3.58. The fourth-order valence-electron chi connectivity index (χ4n) is 0.935. The van der Waals surface area contributed by atoms with E-state index in [1.54, 1.807) is 13.1 Å². The van der Waals surface area contributed by atoms with Crippen LogP contribution in [0, 0.1) is 11.8 Å². The van der Waals surface area contributed by atoms with Gasteiger partial charge in [0.25, 0.3) is 0 Å². The number of nitrogens with zero attached hydrogens (tertiary/aromatic N) is 2. The van der Waals surface area contributed by atoms with E-state index in [1.807, 2.05) is 6.26 Å². The highest BCUT2D eigenvalue weighted by Gasteiger charge is 2.05. The van der Waals surface area contributed by atoms with Crippen LogP contribution in [0.2, 0.25) is 0 Å². The Kier molecular flexibility index (Phi) is 3.55. The highest BCUT2D eigenvalue weighted by Crippen LogP contribution is 2.14. The van der Waals surface area contributed by atoms with Crippen molar-refractivity contribution in [1.29, 1.82) is 0 Å². The Hall–Kier alpha value is -1.47. The molecule has 0 amide bonds. The van der Waals surface area contributed by atoms with Crippen LogP contribution in [0.25, 0.3) is 5.70 Å². The smallest absolute Gasteiger partial charge is 0.187 e. The second-order valence-electron chi connectivity index (χ2n) is 2.52. The van der Waals surface area contributed by atoms with Crippen LogP contribution >= 0.6 is 11.8 Å². The topological polar surface area (TPSA) is 51.8 Å². The third-order valence-electron chi connectivity index (χ3n) is 1.51. The van der Waals surface area contributed by atoms with Crippen LogP contribution in [0.1, 0.15) is 18.2 Å². The molecule has 0 saturated carbocycles. The van der Waals surface area contributed by atoms with Gasteiger partial charge in [-0.3, -0.25) is 0 Å². The molecule has 0 saturated heterocycles. The minimum atomic E-state index is 0.417. The van der Waals surface area contributed by atoms with Gasteiger partial charge in [0.05, 0.1) is 11.3 Å². The second-order valence-corrected chi connectivity index (χ2v) is 3.29. The summed E-state index contributed by atoms with van der Waals surface area (Å²) in [7, 11) is 0. The molecular weight excluding hydrogens is 194 g/mol. The van der Waals surface area contributed by atoms with E-state index >= 15 is 0 Å². The second kappa shape index (κ2) is 4.68. The highest BCUT2D eigenvalue weighted by atomic mass is 32.2. The van der Waals surface area contributed by atoms with Crippen LogP contribution in [0.3, 0.4) is 0 Å². The van der Waals surface area contributed by atoms with E-state index in [9.17, 15) is 0 Å². The Morgan fingerprint density at radius 2 is 2.36 bits per heavy atom. The summed E-state index contributed by atoms with van der Waals surface area (Å²) in [6.45, 7) is 5.41. The molecule has 3 nitrogen and oxygen atoms in total. The first kappa shape index (κ1) is 10.6. The Labute approximate surface area is 87.8 Å². The molecule has 0 bridgehead atoms. The molecular formula is C10H11N3S. The quantitative estimate of drug-likeness (QED) is 0.451. The number of hydrogen-bond acceptors (Lipinski definition) is 4. The monoisotopic (exact) mass is 205 g/mol. The van der Waals surface area contributed by atoms with Crippen LogP contribution in [0.15, 0.2) is 17.9 Å². The average molecular weight is 205 g/mol. The minimum Gasteiger partial charge on any atom is -0.397 e. The van der Waals surface area contributed by atoms with Crippen LogP contribution < -0.4 is 5.73 Å². The Morgan fingerprint density at radius 3 is 2.86 bits per heavy atom. The van der Waals surface area contributed by atoms with Crippen molar-refractivity contribution in [3.8, 4) is 11.8 Å². The number of aromatic nitrogens is 2. The zero-order chi connectivity index (χ0) is 10.6. The summed E-state index contributed by atoms with van der Waals surface area (Å²) in [5, 5.41) is 0.674. The maximum Gasteiger partial charge on any atom is 0.187 e. The molecule has 1 aromatic heterocycles. The van der Waals surface area contributed by atoms with E-state index < -0.39 is 0 Å². The van der Waals surface area contributed by atoms with Gasteiger partial charge in [0, 0.05) is 6.20 Å². The Bertz CT molecular complexity index is 415. The molecule has 1 rings (SSSR count). The third kappa shape index (κ3) is 2.27. The van der Waals surface area contributed by atoms with Crippen LogP contribution in [-0.4, -0.2) is 16.2 Å². The molecule has 0 aliphatic heterocycles. The Balaban J connectivity index is 3.28. The van der Waals surface area contributed by atoms with Crippen molar-refractivity contribution in [1.82, 2.24) is 9.97 Å². The first-order valence-corrected chi connectivity index (χ1v) is 5.20. The molecule has 14 heavy (non-hydrogen) atoms. The molecule has 1 aromatic rings. The van der Waals surface area contributed by atoms with E-state index in [0.29, 0.717) is 16.5 Å². The molecule has 0 aromatic carbocycles. The lowest BCUT2D eigenvalue weighted by Crippen LogP contribution is -2.03. The molecule has 0 aliphatic carbocycles. The molecule has 0 atom stereocenters. The summed E-state index contributed by atoms with van der Waals surface area (Å²) in [6, 6.07) is 0. The van der Waals surface area contributed by atoms with Gasteiger partial charge in [-0.1, -0.05) is 24.3 Å². The molecule has 0 radical (unpaired) electrons. The minimum absolute atomic E-state index is 0.417. The van der Waals surface area contributed by atoms with Gasteiger partial charge in [-0.15, -0.1) is 5.92 Å². The fourth-order valence-corrected chi connectivity index (χ4v) is 1.28. The van der Waals surface area contributed by atoms with Crippen molar-refractivity contribution < 1.29 is 0 Å². The third-order valence-corrected chi connectivity index (χ3v) is 2.07. The van der Waals surface area contributed by atoms with Crippen molar-refractivity contribution in [2.45, 2.75) is 12.1 Å². The van der Waals surface area contributed by atoms with Crippen LogP contribution in [0.5, 0.6) is 0 Å². The van der Waals surface area contributed by atoms with Gasteiger partial charge in [-0.05, 0) is 13.2 Å². The zero-order valence-corrected chi connectivity index (χ0v) is 8.98. The molecule has 0 aliphatic rings. The summed E-state index contributed by atoms with van der Waals surface area (Å²) >= 11 is 1.46. The van der Waals surface area contributed by atoms with Crippen LogP contribution in [0.4, 0.5) is 0 Å². The van der Waals surface area contributed by atoms with E-state index in [2.05, 4.69) is 28.4 Å². The maximum absolute atomic E-state index is 5.61. The number of hydrogen-bond donors (Lipinski definition) is 1. The standard InChI is InChI=1S/C10H11N3S/c1-4-5-8-6-12-10(14-3)13-9(8)7(2)11/h6H,2,11H2,1,3H3. The Morgan fingerprint density at radius 1 is 1.64 bits per heavy atom. The maximum atomic E-state index is 5.61. The van der Waals surface area contributed by atoms with Crippen LogP contribution in [-0.2, 0) is 0 Å². The molecule has 72 valence electrons. The summed E-state index contributed by atoms with van der Waals surface area (Å²) in [5.74, 6) is 5.67. The number of nitrogens with two attached hydrogens (primary N) is 1. The molecule has 1 heterocycles. The van der Waals surface area contributed by atoms with Gasteiger partial charge in [0.1, 0.15) is 5.69 Å². The fraction of sp³-hybridized carbons (Fsp3) is 0.200. The van der Waals surface area contributed by atoms with Crippen molar-refractivity contribution in [2.24, 2.45) is 5.73 Å². The summed E-state index contributed by atoms with van der Waals surface area (Å²) in [4.78, 5) is 8.35. The first-order chi connectivity index (χ1) is 6.69. The predicted molar refractivity (Wildman–Crippen MR) is 59.6 cm³/mol. The molecule has 0 unspecified atom stereocenters. The molecule has 0 fully saturated rings. The lowest BCUT2D eigenvalue weighted by Gasteiger charge is -2.03. The normalized spacial score (nSPS) is 9.00. The van der Waals surface area contributed by atoms with Crippen molar-refractivity contribution in [3.63, 3.8) is 0 Å². The molecule has 4 heteroatoms. The van der Waals surface area contributed by atoms with Gasteiger partial charge in [0.2, 0.25) is 0 Å². The van der Waals surface area contributed by atoms with Crippen molar-refractivity contribution in [2.75, 3.05) is 6.26 Å². The predicted octanol–water partition coefficient (Wildman–Crippen LogP) is 1.50. The van der Waals surface area contributed by atoms with Gasteiger partial charge < -0.3 is 5.73 Å². The summed E-state index contributed by atoms with van der Waals surface area (Å²) in [5.41, 5.74) is 7.37. The average Bonchev–Trinajstić information content (AvgIpc) is 2.18. The lowest BCUT2D eigenvalue weighted by molar-refractivity contribution is 0.948. The largest absolute Gasteiger partial charge is 0.397 e. The zero-order valence-electron chi connectivity index (χ0n) is 8.16. The van der Waals surface area contributed by atoms with Gasteiger partial charge in [0.15, 0.2) is 5.16 Å². The van der Waals surface area contributed by atoms with Gasteiger partial charge >= 0.3 is 0 Å². The van der Waals surface area contributed by atoms with E-state index in [0.717, 1.165) is 5.56 Å². The first-order valence-electron chi connectivity index (χ1n) is 3.97. The highest BCUT2D eigenvalue weighted by molar-refractivity contribution is 7.98. The van der Waals surface area contributed by atoms with Gasteiger partial charge in [-0.25, -0.2) is 9.97 Å². The summed E-state index contributed by atoms with van der Waals surface area (Å²) < 4.78 is 0. The van der Waals surface area contributed by atoms with Crippen molar-refractivity contribution in [3.05, 3.63) is 24.0 Å².